The molecule has 0 saturated heterocycles. The lowest BCUT2D eigenvalue weighted by molar-refractivity contribution is -0.139. The molecule has 3 heteroatoms. The van der Waals surface area contributed by atoms with Crippen molar-refractivity contribution in [2.45, 2.75) is 97.3 Å². The zero-order valence-corrected chi connectivity index (χ0v) is 16.9. The molecule has 0 atom stereocenters. The lowest BCUT2D eigenvalue weighted by Gasteiger charge is -2.18. The normalized spacial score (nSPS) is 12.7. The molecule has 0 radical (unpaired) electrons. The van der Waals surface area contributed by atoms with Crippen molar-refractivity contribution in [3.8, 4) is 5.75 Å². The van der Waals surface area contributed by atoms with E-state index in [1.165, 1.54) is 81.8 Å². The summed E-state index contributed by atoms with van der Waals surface area (Å²) >= 11 is 0. The molecule has 0 aromatic heterocycles. The van der Waals surface area contributed by atoms with E-state index < -0.39 is 5.97 Å². The van der Waals surface area contributed by atoms with Gasteiger partial charge in [-0.15, -0.1) is 0 Å². The summed E-state index contributed by atoms with van der Waals surface area (Å²) in [6.45, 7) is 4.30. The first-order valence-corrected chi connectivity index (χ1v) is 10.6. The summed E-state index contributed by atoms with van der Waals surface area (Å²) in [5, 5.41) is 8.55. The number of ether oxygens (including phenoxy) is 1. The zero-order valence-electron chi connectivity index (χ0n) is 16.9. The number of benzene rings is 1. The second-order valence-corrected chi connectivity index (χ2v) is 7.26. The minimum absolute atomic E-state index is 0.254. The van der Waals surface area contributed by atoms with Crippen LogP contribution in [0.25, 0.3) is 0 Å². The van der Waals surface area contributed by atoms with Crippen molar-refractivity contribution in [2.24, 2.45) is 0 Å². The van der Waals surface area contributed by atoms with Gasteiger partial charge >= 0.3 is 5.97 Å². The number of fused-ring (bicyclic) bond motifs is 1. The van der Waals surface area contributed by atoms with Crippen molar-refractivity contribution in [1.29, 1.82) is 0 Å². The van der Waals surface area contributed by atoms with Crippen LogP contribution in [0.15, 0.2) is 18.2 Å². The van der Waals surface area contributed by atoms with E-state index in [0.717, 1.165) is 18.6 Å². The topological polar surface area (TPSA) is 46.5 Å². The highest BCUT2D eigenvalue weighted by atomic mass is 16.5. The number of carboxylic acids is 1. The van der Waals surface area contributed by atoms with Crippen molar-refractivity contribution in [3.63, 3.8) is 0 Å². The second-order valence-electron chi connectivity index (χ2n) is 7.26. The van der Waals surface area contributed by atoms with Crippen LogP contribution in [0.3, 0.4) is 0 Å². The predicted molar refractivity (Wildman–Crippen MR) is 109 cm³/mol. The highest BCUT2D eigenvalue weighted by molar-refractivity contribution is 5.68. The molecular weight excluding hydrogens is 324 g/mol. The Morgan fingerprint density at radius 1 is 0.923 bits per heavy atom. The molecule has 3 nitrogen and oxygen atoms in total. The zero-order chi connectivity index (χ0) is 19.0. The van der Waals surface area contributed by atoms with Crippen LogP contribution in [-0.2, 0) is 17.6 Å². The lowest BCUT2D eigenvalue weighted by atomic mass is 9.91. The number of carboxylic acid groups (broad SMARTS) is 1. The first-order valence-electron chi connectivity index (χ1n) is 10.6. The third kappa shape index (κ3) is 9.84. The average Bonchev–Trinajstić information content (AvgIpc) is 2.66. The monoisotopic (exact) mass is 362 g/mol. The van der Waals surface area contributed by atoms with E-state index in [0.29, 0.717) is 0 Å². The maximum absolute atomic E-state index is 10.4. The molecule has 1 aliphatic rings. The van der Waals surface area contributed by atoms with Crippen molar-refractivity contribution < 1.29 is 14.6 Å². The van der Waals surface area contributed by atoms with Gasteiger partial charge in [-0.25, -0.2) is 4.79 Å². The molecular formula is C23H38O3. The summed E-state index contributed by atoms with van der Waals surface area (Å²) in [4.78, 5) is 10.4. The number of hydrogen-bond donors (Lipinski definition) is 1. The SMILES string of the molecule is CCCCCCCCCCC.O=C(O)COc1cccc2c1CCCC2. The van der Waals surface area contributed by atoms with Gasteiger partial charge in [0, 0.05) is 0 Å². The quantitative estimate of drug-likeness (QED) is 0.453. The first kappa shape index (κ1) is 22.5. The summed E-state index contributed by atoms with van der Waals surface area (Å²) in [7, 11) is 0. The van der Waals surface area contributed by atoms with Gasteiger partial charge in [0.05, 0.1) is 0 Å². The Morgan fingerprint density at radius 3 is 2.08 bits per heavy atom. The van der Waals surface area contributed by atoms with E-state index in [1.54, 1.807) is 0 Å². The summed E-state index contributed by atoms with van der Waals surface area (Å²) in [6.07, 6.45) is 17.4. The Kier molecular flexibility index (Phi) is 12.7. The lowest BCUT2D eigenvalue weighted by Crippen LogP contribution is -2.12. The molecule has 1 aromatic carbocycles. The molecule has 0 amide bonds. The Hall–Kier alpha value is -1.51. The van der Waals surface area contributed by atoms with Crippen LogP contribution in [0.1, 0.15) is 95.6 Å². The first-order chi connectivity index (χ1) is 12.7. The highest BCUT2D eigenvalue weighted by Gasteiger charge is 2.14. The van der Waals surface area contributed by atoms with Crippen LogP contribution in [-0.4, -0.2) is 17.7 Å². The number of rotatable bonds is 11. The van der Waals surface area contributed by atoms with E-state index in [1.807, 2.05) is 12.1 Å². The van der Waals surface area contributed by atoms with Gasteiger partial charge < -0.3 is 9.84 Å². The molecule has 1 N–H and O–H groups in total. The maximum atomic E-state index is 10.4. The Balaban J connectivity index is 0.000000276. The smallest absolute Gasteiger partial charge is 0.341 e. The molecule has 0 bridgehead atoms. The number of aliphatic carboxylic acids is 1. The molecule has 0 saturated carbocycles. The molecule has 0 aliphatic heterocycles. The Morgan fingerprint density at radius 2 is 1.50 bits per heavy atom. The van der Waals surface area contributed by atoms with Gasteiger partial charge in [-0.3, -0.25) is 0 Å². The van der Waals surface area contributed by atoms with Gasteiger partial charge in [0.15, 0.2) is 6.61 Å². The van der Waals surface area contributed by atoms with Gasteiger partial charge in [0.2, 0.25) is 0 Å². The largest absolute Gasteiger partial charge is 0.482 e. The average molecular weight is 363 g/mol. The van der Waals surface area contributed by atoms with Crippen molar-refractivity contribution in [2.75, 3.05) is 6.61 Å². The van der Waals surface area contributed by atoms with Crippen LogP contribution in [0, 0.1) is 0 Å². The molecule has 0 fully saturated rings. The van der Waals surface area contributed by atoms with E-state index in [4.69, 9.17) is 9.84 Å². The van der Waals surface area contributed by atoms with Crippen LogP contribution in [0.5, 0.6) is 5.75 Å². The highest BCUT2D eigenvalue weighted by Crippen LogP contribution is 2.29. The molecule has 148 valence electrons. The van der Waals surface area contributed by atoms with Crippen molar-refractivity contribution in [3.05, 3.63) is 29.3 Å². The number of aryl methyl sites for hydroxylation is 1. The van der Waals surface area contributed by atoms with E-state index >= 15 is 0 Å². The van der Waals surface area contributed by atoms with Crippen LogP contribution < -0.4 is 4.74 Å². The van der Waals surface area contributed by atoms with Gasteiger partial charge in [-0.05, 0) is 42.9 Å². The molecule has 0 spiro atoms. The number of hydrogen-bond acceptors (Lipinski definition) is 2. The fourth-order valence-corrected chi connectivity index (χ4v) is 3.40. The summed E-state index contributed by atoms with van der Waals surface area (Å²) in [5.41, 5.74) is 2.51. The Bertz CT molecular complexity index is 488. The van der Waals surface area contributed by atoms with Crippen molar-refractivity contribution >= 4 is 5.97 Å². The Labute approximate surface area is 160 Å². The van der Waals surface area contributed by atoms with Gasteiger partial charge in [-0.2, -0.15) is 0 Å². The third-order valence-electron chi connectivity index (χ3n) is 4.91. The molecule has 1 aromatic rings. The van der Waals surface area contributed by atoms with E-state index in [-0.39, 0.29) is 6.61 Å². The summed E-state index contributed by atoms with van der Waals surface area (Å²) < 4.78 is 5.27. The van der Waals surface area contributed by atoms with Crippen LogP contribution in [0.2, 0.25) is 0 Å². The fraction of sp³-hybridized carbons (Fsp3) is 0.696. The molecule has 0 unspecified atom stereocenters. The fourth-order valence-electron chi connectivity index (χ4n) is 3.40. The standard InChI is InChI=1S/C12H14O3.C11H24/c13-12(14)8-15-11-7-3-5-9-4-1-2-6-10(9)11;1-3-5-7-9-11-10-8-6-4-2/h3,5,7H,1-2,4,6,8H2,(H,13,14);3-11H2,1-2H3. The molecule has 2 rings (SSSR count). The van der Waals surface area contributed by atoms with Crippen LogP contribution >= 0.6 is 0 Å². The summed E-state index contributed by atoms with van der Waals surface area (Å²) in [5.74, 6) is -0.182. The molecule has 26 heavy (non-hydrogen) atoms. The van der Waals surface area contributed by atoms with Gasteiger partial charge in [-0.1, -0.05) is 83.8 Å². The van der Waals surface area contributed by atoms with E-state index in [9.17, 15) is 4.79 Å². The third-order valence-corrected chi connectivity index (χ3v) is 4.91. The number of unbranched alkanes of at least 4 members (excludes halogenated alkanes) is 8. The predicted octanol–water partition coefficient (Wildman–Crippen LogP) is 6.57. The maximum Gasteiger partial charge on any atom is 0.341 e. The van der Waals surface area contributed by atoms with Gasteiger partial charge in [0.25, 0.3) is 0 Å². The summed E-state index contributed by atoms with van der Waals surface area (Å²) in [6, 6.07) is 5.89. The molecule has 0 heterocycles. The van der Waals surface area contributed by atoms with Crippen LogP contribution in [0.4, 0.5) is 0 Å². The molecule has 1 aliphatic carbocycles. The van der Waals surface area contributed by atoms with E-state index in [2.05, 4.69) is 19.9 Å². The number of carbonyl (C=O) groups is 1. The van der Waals surface area contributed by atoms with Gasteiger partial charge in [0.1, 0.15) is 5.75 Å². The minimum Gasteiger partial charge on any atom is -0.482 e. The minimum atomic E-state index is -0.927. The second kappa shape index (κ2) is 14.6. The van der Waals surface area contributed by atoms with Crippen molar-refractivity contribution in [1.82, 2.24) is 0 Å².